The molecule has 1 aliphatic rings. The first-order valence-electron chi connectivity index (χ1n) is 8.41. The number of aryl methyl sites for hydroxylation is 1. The molecule has 0 saturated heterocycles. The summed E-state index contributed by atoms with van der Waals surface area (Å²) in [4.78, 5) is 19.0. The molecule has 4 heteroatoms. The number of anilines is 3. The van der Waals surface area contributed by atoms with Crippen molar-refractivity contribution in [3.63, 3.8) is 0 Å². The summed E-state index contributed by atoms with van der Waals surface area (Å²) in [5.41, 5.74) is 5.84. The zero-order valence-electron chi connectivity index (χ0n) is 14.1. The molecule has 0 bridgehead atoms. The van der Waals surface area contributed by atoms with Gasteiger partial charge in [-0.2, -0.15) is 0 Å². The highest BCUT2D eigenvalue weighted by Crippen LogP contribution is 2.33. The molecule has 1 aliphatic heterocycles. The molecule has 4 nitrogen and oxygen atoms in total. The first kappa shape index (κ1) is 15.4. The molecule has 2 aromatic carbocycles. The van der Waals surface area contributed by atoms with E-state index in [0.29, 0.717) is 5.69 Å². The molecule has 2 heterocycles. The molecule has 0 fully saturated rings. The first-order chi connectivity index (χ1) is 12.2. The topological polar surface area (TPSA) is 45.2 Å². The third-order valence-corrected chi connectivity index (χ3v) is 4.57. The number of benzene rings is 2. The van der Waals surface area contributed by atoms with Crippen LogP contribution in [0.15, 0.2) is 66.9 Å². The lowest BCUT2D eigenvalue weighted by atomic mass is 10.2. The van der Waals surface area contributed by atoms with Gasteiger partial charge in [-0.3, -0.25) is 4.79 Å². The highest BCUT2D eigenvalue weighted by Gasteiger charge is 2.20. The van der Waals surface area contributed by atoms with Gasteiger partial charge in [0.1, 0.15) is 5.69 Å². The minimum Gasteiger partial charge on any atom is -0.340 e. The SMILES string of the molecule is Cc1ccccc1NC(=O)c1ccc(N2CCc3ccccc32)cn1. The molecule has 1 amide bonds. The molecular weight excluding hydrogens is 310 g/mol. The van der Waals surface area contributed by atoms with Gasteiger partial charge in [-0.15, -0.1) is 0 Å². The van der Waals surface area contributed by atoms with Crippen LogP contribution >= 0.6 is 0 Å². The molecule has 4 rings (SSSR count). The van der Waals surface area contributed by atoms with Gasteiger partial charge in [-0.25, -0.2) is 4.98 Å². The summed E-state index contributed by atoms with van der Waals surface area (Å²) in [5, 5.41) is 2.92. The van der Waals surface area contributed by atoms with Crippen LogP contribution in [0.25, 0.3) is 0 Å². The smallest absolute Gasteiger partial charge is 0.274 e. The highest BCUT2D eigenvalue weighted by molar-refractivity contribution is 6.03. The van der Waals surface area contributed by atoms with E-state index in [4.69, 9.17) is 0 Å². The first-order valence-corrected chi connectivity index (χ1v) is 8.41. The number of hydrogen-bond acceptors (Lipinski definition) is 3. The number of pyridine rings is 1. The Morgan fingerprint density at radius 3 is 2.64 bits per heavy atom. The van der Waals surface area contributed by atoms with Gasteiger partial charge in [-0.1, -0.05) is 36.4 Å². The van der Waals surface area contributed by atoms with Crippen LogP contribution in [0.5, 0.6) is 0 Å². The fourth-order valence-electron chi connectivity index (χ4n) is 3.19. The van der Waals surface area contributed by atoms with E-state index in [0.717, 1.165) is 29.9 Å². The van der Waals surface area contributed by atoms with E-state index in [9.17, 15) is 4.79 Å². The molecule has 124 valence electrons. The fourth-order valence-corrected chi connectivity index (χ4v) is 3.19. The number of para-hydroxylation sites is 2. The van der Waals surface area contributed by atoms with Crippen LogP contribution in [-0.2, 0) is 6.42 Å². The average molecular weight is 329 g/mol. The summed E-state index contributed by atoms with van der Waals surface area (Å²) < 4.78 is 0. The quantitative estimate of drug-likeness (QED) is 0.777. The van der Waals surface area contributed by atoms with E-state index in [2.05, 4.69) is 39.5 Å². The molecule has 25 heavy (non-hydrogen) atoms. The Balaban J connectivity index is 1.53. The summed E-state index contributed by atoms with van der Waals surface area (Å²) in [6.45, 7) is 2.91. The van der Waals surface area contributed by atoms with E-state index in [-0.39, 0.29) is 5.91 Å². The standard InChI is InChI=1S/C21H19N3O/c1-15-6-2-4-8-18(15)23-21(25)19-11-10-17(14-22-19)24-13-12-16-7-3-5-9-20(16)24/h2-11,14H,12-13H2,1H3,(H,23,25). The molecule has 0 atom stereocenters. The predicted molar refractivity (Wildman–Crippen MR) is 101 cm³/mol. The van der Waals surface area contributed by atoms with Crippen molar-refractivity contribution in [1.29, 1.82) is 0 Å². The summed E-state index contributed by atoms with van der Waals surface area (Å²) >= 11 is 0. The van der Waals surface area contributed by atoms with Gasteiger partial charge in [0, 0.05) is 17.9 Å². The summed E-state index contributed by atoms with van der Waals surface area (Å²) in [6.07, 6.45) is 2.81. The molecule has 0 unspecified atom stereocenters. The number of carbonyl (C=O) groups excluding carboxylic acids is 1. The van der Waals surface area contributed by atoms with Crippen molar-refractivity contribution in [3.05, 3.63) is 83.7 Å². The molecule has 0 radical (unpaired) electrons. The van der Waals surface area contributed by atoms with E-state index < -0.39 is 0 Å². The number of aromatic nitrogens is 1. The van der Waals surface area contributed by atoms with Crippen LogP contribution in [0.3, 0.4) is 0 Å². The van der Waals surface area contributed by atoms with Gasteiger partial charge in [0.05, 0.1) is 11.9 Å². The lowest BCUT2D eigenvalue weighted by molar-refractivity contribution is 0.102. The number of hydrogen-bond donors (Lipinski definition) is 1. The molecule has 1 aromatic heterocycles. The maximum Gasteiger partial charge on any atom is 0.274 e. The minimum atomic E-state index is -0.192. The van der Waals surface area contributed by atoms with Crippen LogP contribution < -0.4 is 10.2 Å². The number of nitrogens with zero attached hydrogens (tertiary/aromatic N) is 2. The third-order valence-electron chi connectivity index (χ3n) is 4.57. The minimum absolute atomic E-state index is 0.192. The lowest BCUT2D eigenvalue weighted by Gasteiger charge is -2.19. The van der Waals surface area contributed by atoms with Gasteiger partial charge in [0.2, 0.25) is 0 Å². The molecule has 1 N–H and O–H groups in total. The summed E-state index contributed by atoms with van der Waals surface area (Å²) in [6, 6.07) is 19.9. The predicted octanol–water partition coefficient (Wildman–Crippen LogP) is 4.34. The van der Waals surface area contributed by atoms with Crippen molar-refractivity contribution in [3.8, 4) is 0 Å². The van der Waals surface area contributed by atoms with Crippen molar-refractivity contribution in [1.82, 2.24) is 4.98 Å². The fraction of sp³-hybridized carbons (Fsp3) is 0.143. The summed E-state index contributed by atoms with van der Waals surface area (Å²) in [7, 11) is 0. The number of nitrogens with one attached hydrogen (secondary N) is 1. The van der Waals surface area contributed by atoms with Gasteiger partial charge in [-0.05, 0) is 48.7 Å². The van der Waals surface area contributed by atoms with Crippen molar-refractivity contribution in [2.75, 3.05) is 16.8 Å². The highest BCUT2D eigenvalue weighted by atomic mass is 16.1. The van der Waals surface area contributed by atoms with E-state index in [1.807, 2.05) is 37.3 Å². The number of amides is 1. The van der Waals surface area contributed by atoms with Gasteiger partial charge in [0.15, 0.2) is 0 Å². The van der Waals surface area contributed by atoms with E-state index in [1.165, 1.54) is 11.3 Å². The Morgan fingerprint density at radius 2 is 1.84 bits per heavy atom. The van der Waals surface area contributed by atoms with Crippen LogP contribution in [-0.4, -0.2) is 17.4 Å². The molecular formula is C21H19N3O. The Bertz CT molecular complexity index is 918. The zero-order chi connectivity index (χ0) is 17.2. The Morgan fingerprint density at radius 1 is 1.04 bits per heavy atom. The third kappa shape index (κ3) is 2.98. The Labute approximate surface area is 147 Å². The van der Waals surface area contributed by atoms with Crippen molar-refractivity contribution in [2.24, 2.45) is 0 Å². The summed E-state index contributed by atoms with van der Waals surface area (Å²) in [5.74, 6) is -0.192. The monoisotopic (exact) mass is 329 g/mol. The molecule has 0 spiro atoms. The van der Waals surface area contributed by atoms with E-state index in [1.54, 1.807) is 12.3 Å². The lowest BCUT2D eigenvalue weighted by Crippen LogP contribution is -2.16. The number of fused-ring (bicyclic) bond motifs is 1. The van der Waals surface area contributed by atoms with Crippen LogP contribution in [0, 0.1) is 6.92 Å². The Hall–Kier alpha value is -3.14. The van der Waals surface area contributed by atoms with Crippen molar-refractivity contribution < 1.29 is 4.79 Å². The maximum atomic E-state index is 12.4. The van der Waals surface area contributed by atoms with Gasteiger partial charge < -0.3 is 10.2 Å². The largest absolute Gasteiger partial charge is 0.340 e. The Kier molecular flexibility index (Phi) is 3.94. The number of rotatable bonds is 3. The van der Waals surface area contributed by atoms with Gasteiger partial charge in [0.25, 0.3) is 5.91 Å². The van der Waals surface area contributed by atoms with Gasteiger partial charge >= 0.3 is 0 Å². The molecule has 0 aliphatic carbocycles. The normalized spacial score (nSPS) is 12.8. The molecule has 0 saturated carbocycles. The van der Waals surface area contributed by atoms with Crippen molar-refractivity contribution >= 4 is 23.0 Å². The second-order valence-electron chi connectivity index (χ2n) is 6.20. The maximum absolute atomic E-state index is 12.4. The second kappa shape index (κ2) is 6.40. The van der Waals surface area contributed by atoms with Crippen LogP contribution in [0.4, 0.5) is 17.1 Å². The molecule has 3 aromatic rings. The average Bonchev–Trinajstić information content (AvgIpc) is 3.08. The van der Waals surface area contributed by atoms with Crippen LogP contribution in [0.1, 0.15) is 21.6 Å². The van der Waals surface area contributed by atoms with Crippen molar-refractivity contribution in [2.45, 2.75) is 13.3 Å². The second-order valence-corrected chi connectivity index (χ2v) is 6.20. The number of carbonyl (C=O) groups is 1. The van der Waals surface area contributed by atoms with E-state index >= 15 is 0 Å². The zero-order valence-corrected chi connectivity index (χ0v) is 14.1. The van der Waals surface area contributed by atoms with Crippen LogP contribution in [0.2, 0.25) is 0 Å².